The lowest BCUT2D eigenvalue weighted by Crippen LogP contribution is -2.41. The number of hydrogen-bond acceptors (Lipinski definition) is 4. The molecule has 0 aliphatic rings. The fraction of sp³-hybridized carbons (Fsp3) is 0.429. The van der Waals surface area contributed by atoms with Crippen LogP contribution in [0.1, 0.15) is 29.8 Å². The molecule has 1 aromatic rings. The van der Waals surface area contributed by atoms with Crippen LogP contribution >= 0.6 is 11.6 Å². The lowest BCUT2D eigenvalue weighted by molar-refractivity contribution is 0.0402. The molecule has 1 aromatic carbocycles. The molecule has 0 saturated carbocycles. The maximum atomic E-state index is 11.7. The van der Waals surface area contributed by atoms with Crippen LogP contribution in [0.3, 0.4) is 0 Å². The molecule has 0 radical (unpaired) electrons. The zero-order chi connectivity index (χ0) is 15.2. The Labute approximate surface area is 123 Å². The highest BCUT2D eigenvalue weighted by atomic mass is 35.5. The average molecular weight is 299 g/mol. The van der Waals surface area contributed by atoms with Crippen LogP contribution in [0, 0.1) is 0 Å². The van der Waals surface area contributed by atoms with Gasteiger partial charge in [0.1, 0.15) is 11.9 Å². The van der Waals surface area contributed by atoms with Gasteiger partial charge in [-0.3, -0.25) is 4.79 Å². The molecule has 1 rings (SSSR count). The number of carbonyl (C=O) groups excluding carboxylic acids is 2. The summed E-state index contributed by atoms with van der Waals surface area (Å²) in [6.45, 7) is 4.36. The molecule has 5 nitrogen and oxygen atoms in total. The molecule has 6 heteroatoms. The minimum absolute atomic E-state index is 0.203. The van der Waals surface area contributed by atoms with E-state index in [1.165, 1.54) is 0 Å². The van der Waals surface area contributed by atoms with Crippen molar-refractivity contribution < 1.29 is 14.3 Å². The molecule has 0 unspecified atom stereocenters. The van der Waals surface area contributed by atoms with E-state index in [-0.39, 0.29) is 6.54 Å². The number of aldehydes is 1. The van der Waals surface area contributed by atoms with Crippen molar-refractivity contribution in [3.8, 4) is 0 Å². The first-order chi connectivity index (χ1) is 9.38. The van der Waals surface area contributed by atoms with Gasteiger partial charge in [-0.2, -0.15) is 0 Å². The third-order valence-corrected chi connectivity index (χ3v) is 2.97. The highest BCUT2D eigenvalue weighted by molar-refractivity contribution is 6.31. The summed E-state index contributed by atoms with van der Waals surface area (Å²) in [5.41, 5.74) is 0.572. The number of hydrogen-bond donors (Lipinski definition) is 2. The summed E-state index contributed by atoms with van der Waals surface area (Å²) in [5.74, 6) is 0. The summed E-state index contributed by atoms with van der Waals surface area (Å²) in [6, 6.07) is 4.88. The number of carbonyl (C=O) groups is 2. The minimum Gasteiger partial charge on any atom is -0.442 e. The number of alkyl carbamates (subject to hydrolysis) is 1. The van der Waals surface area contributed by atoms with Crippen molar-refractivity contribution in [2.24, 2.45) is 0 Å². The van der Waals surface area contributed by atoms with E-state index in [2.05, 4.69) is 10.6 Å². The van der Waals surface area contributed by atoms with Crippen molar-refractivity contribution in [2.45, 2.75) is 26.0 Å². The zero-order valence-corrected chi connectivity index (χ0v) is 12.6. The average Bonchev–Trinajstić information content (AvgIpc) is 2.37. The van der Waals surface area contributed by atoms with Crippen LogP contribution in [0.4, 0.5) is 4.79 Å². The molecule has 2 N–H and O–H groups in total. The molecule has 0 aliphatic carbocycles. The van der Waals surface area contributed by atoms with E-state index >= 15 is 0 Å². The maximum Gasteiger partial charge on any atom is 0.407 e. The van der Waals surface area contributed by atoms with Crippen LogP contribution in [-0.4, -0.2) is 31.6 Å². The molecule has 0 saturated heterocycles. The first-order valence-corrected chi connectivity index (χ1v) is 6.61. The largest absolute Gasteiger partial charge is 0.442 e. The Morgan fingerprint density at radius 1 is 1.45 bits per heavy atom. The number of rotatable bonds is 6. The van der Waals surface area contributed by atoms with Crippen molar-refractivity contribution in [1.29, 1.82) is 0 Å². The summed E-state index contributed by atoms with van der Waals surface area (Å²) in [7, 11) is 1.79. The first-order valence-electron chi connectivity index (χ1n) is 6.23. The molecule has 20 heavy (non-hydrogen) atoms. The quantitative estimate of drug-likeness (QED) is 0.791. The molecule has 0 spiro atoms. The van der Waals surface area contributed by atoms with Crippen LogP contribution in [0.25, 0.3) is 0 Å². The van der Waals surface area contributed by atoms with Crippen molar-refractivity contribution >= 4 is 24.0 Å². The molecule has 0 heterocycles. The Morgan fingerprint density at radius 3 is 2.75 bits per heavy atom. The smallest absolute Gasteiger partial charge is 0.407 e. The van der Waals surface area contributed by atoms with E-state index in [1.807, 2.05) is 13.8 Å². The number of benzene rings is 1. The van der Waals surface area contributed by atoms with Crippen LogP contribution in [0.15, 0.2) is 18.2 Å². The lowest BCUT2D eigenvalue weighted by atomic mass is 10.1. The zero-order valence-electron chi connectivity index (χ0n) is 11.8. The maximum absolute atomic E-state index is 11.7. The van der Waals surface area contributed by atoms with Gasteiger partial charge in [0.05, 0.1) is 0 Å². The number of halogens is 1. The fourth-order valence-corrected chi connectivity index (χ4v) is 1.90. The predicted octanol–water partition coefficient (Wildman–Crippen LogP) is 2.38. The molecule has 0 aromatic heterocycles. The van der Waals surface area contributed by atoms with Crippen LogP contribution in [0.5, 0.6) is 0 Å². The van der Waals surface area contributed by atoms with Crippen molar-refractivity contribution in [2.75, 3.05) is 13.6 Å². The Morgan fingerprint density at radius 2 is 2.15 bits per heavy atom. The van der Waals surface area contributed by atoms with Gasteiger partial charge in [0.2, 0.25) is 0 Å². The second kappa shape index (κ2) is 7.26. The summed E-state index contributed by atoms with van der Waals surface area (Å²) in [5, 5.41) is 6.05. The van der Waals surface area contributed by atoms with Gasteiger partial charge in [0.25, 0.3) is 0 Å². The van der Waals surface area contributed by atoms with Crippen molar-refractivity contribution in [1.82, 2.24) is 10.6 Å². The van der Waals surface area contributed by atoms with Gasteiger partial charge in [-0.1, -0.05) is 17.7 Å². The fourth-order valence-electron chi connectivity index (χ4n) is 1.72. The van der Waals surface area contributed by atoms with Gasteiger partial charge in [0, 0.05) is 23.7 Å². The molecule has 0 fully saturated rings. The lowest BCUT2D eigenvalue weighted by Gasteiger charge is -2.24. The van der Waals surface area contributed by atoms with Gasteiger partial charge in [-0.05, 0) is 38.6 Å². The van der Waals surface area contributed by atoms with Gasteiger partial charge >= 0.3 is 6.09 Å². The number of ether oxygens (including phenoxy) is 1. The Kier molecular flexibility index (Phi) is 5.98. The second-order valence-electron chi connectivity index (χ2n) is 5.00. The van der Waals surface area contributed by atoms with E-state index in [4.69, 9.17) is 16.3 Å². The molecule has 0 atom stereocenters. The number of nitrogens with one attached hydrogen (secondary N) is 2. The van der Waals surface area contributed by atoms with Crippen LogP contribution in [-0.2, 0) is 11.3 Å². The normalized spacial score (nSPS) is 11.0. The molecule has 0 bridgehead atoms. The van der Waals surface area contributed by atoms with Gasteiger partial charge in [-0.25, -0.2) is 4.79 Å². The third-order valence-electron chi connectivity index (χ3n) is 2.60. The van der Waals surface area contributed by atoms with Crippen molar-refractivity contribution in [3.05, 3.63) is 34.3 Å². The predicted molar refractivity (Wildman–Crippen MR) is 78.2 cm³/mol. The van der Waals surface area contributed by atoms with E-state index in [0.717, 1.165) is 6.29 Å². The second-order valence-corrected chi connectivity index (χ2v) is 5.41. The molecule has 1 amide bonds. The van der Waals surface area contributed by atoms with E-state index in [1.54, 1.807) is 25.2 Å². The molecular formula is C14H19ClN2O3. The molecule has 110 valence electrons. The third kappa shape index (κ3) is 5.19. The summed E-state index contributed by atoms with van der Waals surface area (Å²) in [4.78, 5) is 22.4. The number of amides is 1. The van der Waals surface area contributed by atoms with Gasteiger partial charge in [0.15, 0.2) is 0 Å². The van der Waals surface area contributed by atoms with E-state index < -0.39 is 11.7 Å². The Hall–Kier alpha value is -1.59. The SMILES string of the molecule is CNCC(C)(C)OC(=O)NCc1cc(C=O)ccc1Cl. The van der Waals surface area contributed by atoms with Crippen LogP contribution in [0.2, 0.25) is 5.02 Å². The van der Waals surface area contributed by atoms with Gasteiger partial charge in [-0.15, -0.1) is 0 Å². The molecular weight excluding hydrogens is 280 g/mol. The highest BCUT2D eigenvalue weighted by Gasteiger charge is 2.21. The summed E-state index contributed by atoms with van der Waals surface area (Å²) in [6.07, 6.45) is 0.201. The van der Waals surface area contributed by atoms with Crippen LogP contribution < -0.4 is 10.6 Å². The Balaban J connectivity index is 2.59. The molecule has 0 aliphatic heterocycles. The van der Waals surface area contributed by atoms with Crippen molar-refractivity contribution in [3.63, 3.8) is 0 Å². The minimum atomic E-state index is -0.604. The standard InChI is InChI=1S/C14H19ClN2O3/c1-14(2,9-16-3)20-13(19)17-7-11-6-10(8-18)4-5-12(11)15/h4-6,8,16H,7,9H2,1-3H3,(H,17,19). The summed E-state index contributed by atoms with van der Waals surface area (Å²) >= 11 is 6.00. The summed E-state index contributed by atoms with van der Waals surface area (Å²) < 4.78 is 5.27. The topological polar surface area (TPSA) is 67.4 Å². The van der Waals surface area contributed by atoms with Gasteiger partial charge < -0.3 is 15.4 Å². The van der Waals surface area contributed by atoms with E-state index in [0.29, 0.717) is 22.7 Å². The first kappa shape index (κ1) is 16.5. The number of likely N-dealkylation sites (N-methyl/N-ethyl adjacent to an activating group) is 1. The van der Waals surface area contributed by atoms with E-state index in [9.17, 15) is 9.59 Å². The monoisotopic (exact) mass is 298 g/mol. The highest BCUT2D eigenvalue weighted by Crippen LogP contribution is 2.17. The Bertz CT molecular complexity index is 489.